The fourth-order valence-electron chi connectivity index (χ4n) is 1.75. The summed E-state index contributed by atoms with van der Waals surface area (Å²) in [5, 5.41) is 0. The van der Waals surface area contributed by atoms with Gasteiger partial charge in [-0.25, -0.2) is 0 Å². The second-order valence-electron chi connectivity index (χ2n) is 4.56. The number of nitrogens with zero attached hydrogens (tertiary/aromatic N) is 1. The van der Waals surface area contributed by atoms with E-state index < -0.39 is 5.97 Å². The molecule has 19 heavy (non-hydrogen) atoms. The van der Waals surface area contributed by atoms with Gasteiger partial charge in [0, 0.05) is 18.0 Å². The number of anilines is 1. The molecule has 5 heteroatoms. The molecule has 0 saturated carbocycles. The highest BCUT2D eigenvalue weighted by Gasteiger charge is 2.05. The van der Waals surface area contributed by atoms with Gasteiger partial charge >= 0.3 is 5.97 Å². The first-order chi connectivity index (χ1) is 9.13. The molecular weight excluding hydrogens is 244 g/mol. The molecular formula is C14H22N2O3. The molecule has 0 saturated heterocycles. The van der Waals surface area contributed by atoms with E-state index in [1.807, 2.05) is 0 Å². The molecule has 0 aromatic carbocycles. The molecule has 0 unspecified atom stereocenters. The Morgan fingerprint density at radius 3 is 2.74 bits per heavy atom. The molecule has 5 nitrogen and oxygen atoms in total. The van der Waals surface area contributed by atoms with Gasteiger partial charge in [0.25, 0.3) is 5.56 Å². The summed E-state index contributed by atoms with van der Waals surface area (Å²) >= 11 is 0. The van der Waals surface area contributed by atoms with Gasteiger partial charge < -0.3 is 15.0 Å². The van der Waals surface area contributed by atoms with E-state index in [9.17, 15) is 9.59 Å². The van der Waals surface area contributed by atoms with Crippen LogP contribution in [0.15, 0.2) is 23.1 Å². The Morgan fingerprint density at radius 1 is 1.26 bits per heavy atom. The third-order valence-electron chi connectivity index (χ3n) is 2.82. The first-order valence-corrected chi connectivity index (χ1v) is 6.75. The molecule has 0 fully saturated rings. The van der Waals surface area contributed by atoms with Gasteiger partial charge in [0.05, 0.1) is 6.61 Å². The first kappa shape index (κ1) is 15.3. The largest absolute Gasteiger partial charge is 0.464 e. The third kappa shape index (κ3) is 6.08. The van der Waals surface area contributed by atoms with E-state index in [1.54, 1.807) is 0 Å². The minimum atomic E-state index is -0.400. The minimum absolute atomic E-state index is 0.0845. The van der Waals surface area contributed by atoms with Crippen molar-refractivity contribution in [1.82, 2.24) is 4.57 Å². The zero-order chi connectivity index (χ0) is 14.1. The summed E-state index contributed by atoms with van der Waals surface area (Å²) in [6.45, 7) is 2.49. The maximum absolute atomic E-state index is 11.5. The van der Waals surface area contributed by atoms with E-state index in [0.717, 1.165) is 12.8 Å². The van der Waals surface area contributed by atoms with Crippen LogP contribution < -0.4 is 11.3 Å². The lowest BCUT2D eigenvalue weighted by Gasteiger charge is -2.07. The standard InChI is InChI=1S/C14H22N2O3/c1-2-3-4-5-6-9-19-14(18)11-16-10-12(15)7-8-13(16)17/h7-8,10H,2-6,9,11,15H2,1H3. The van der Waals surface area contributed by atoms with Gasteiger partial charge in [-0.1, -0.05) is 32.6 Å². The van der Waals surface area contributed by atoms with E-state index in [2.05, 4.69) is 6.92 Å². The van der Waals surface area contributed by atoms with Crippen molar-refractivity contribution in [3.63, 3.8) is 0 Å². The Hall–Kier alpha value is -1.78. The maximum atomic E-state index is 11.5. The number of ether oxygens (including phenoxy) is 1. The molecule has 1 aromatic rings. The number of nitrogens with two attached hydrogens (primary N) is 1. The van der Waals surface area contributed by atoms with Crippen molar-refractivity contribution in [1.29, 1.82) is 0 Å². The zero-order valence-corrected chi connectivity index (χ0v) is 11.4. The van der Waals surface area contributed by atoms with Gasteiger partial charge in [-0.15, -0.1) is 0 Å². The maximum Gasteiger partial charge on any atom is 0.326 e. The van der Waals surface area contributed by atoms with E-state index >= 15 is 0 Å². The summed E-state index contributed by atoms with van der Waals surface area (Å²) in [6.07, 6.45) is 6.97. The van der Waals surface area contributed by atoms with Gasteiger partial charge in [0.1, 0.15) is 6.54 Å². The fraction of sp³-hybridized carbons (Fsp3) is 0.571. The molecule has 0 amide bonds. The number of aromatic nitrogens is 1. The lowest BCUT2D eigenvalue weighted by molar-refractivity contribution is -0.144. The van der Waals surface area contributed by atoms with Crippen LogP contribution in [0.1, 0.15) is 39.0 Å². The number of unbranched alkanes of at least 4 members (excludes halogenated alkanes) is 4. The van der Waals surface area contributed by atoms with Crippen molar-refractivity contribution in [3.8, 4) is 0 Å². The number of hydrogen-bond acceptors (Lipinski definition) is 4. The highest BCUT2D eigenvalue weighted by Crippen LogP contribution is 2.02. The predicted molar refractivity (Wildman–Crippen MR) is 74.8 cm³/mol. The summed E-state index contributed by atoms with van der Waals surface area (Å²) in [5.41, 5.74) is 5.75. The van der Waals surface area contributed by atoms with Crippen LogP contribution in [-0.4, -0.2) is 17.1 Å². The second kappa shape index (κ2) is 8.34. The van der Waals surface area contributed by atoms with Crippen molar-refractivity contribution in [3.05, 3.63) is 28.7 Å². The van der Waals surface area contributed by atoms with E-state index in [4.69, 9.17) is 10.5 Å². The average molecular weight is 266 g/mol. The molecule has 0 bridgehead atoms. The van der Waals surface area contributed by atoms with Crippen molar-refractivity contribution in [2.45, 2.75) is 45.6 Å². The molecule has 0 aliphatic carbocycles. The molecule has 0 spiro atoms. The number of esters is 1. The number of carbonyl (C=O) groups excluding carboxylic acids is 1. The molecule has 0 aliphatic heterocycles. The molecule has 1 heterocycles. The fourth-order valence-corrected chi connectivity index (χ4v) is 1.75. The highest BCUT2D eigenvalue weighted by atomic mass is 16.5. The number of carbonyl (C=O) groups is 1. The molecule has 1 rings (SSSR count). The molecule has 2 N–H and O–H groups in total. The van der Waals surface area contributed by atoms with Crippen LogP contribution >= 0.6 is 0 Å². The van der Waals surface area contributed by atoms with Crippen LogP contribution in [0.4, 0.5) is 5.69 Å². The molecule has 106 valence electrons. The van der Waals surface area contributed by atoms with Gasteiger partial charge in [0.15, 0.2) is 0 Å². The Balaban J connectivity index is 2.27. The Kier molecular flexibility index (Phi) is 6.71. The number of pyridine rings is 1. The topological polar surface area (TPSA) is 74.3 Å². The number of hydrogen-bond donors (Lipinski definition) is 1. The van der Waals surface area contributed by atoms with Crippen molar-refractivity contribution >= 4 is 11.7 Å². The number of rotatable bonds is 8. The summed E-state index contributed by atoms with van der Waals surface area (Å²) in [5.74, 6) is -0.400. The van der Waals surface area contributed by atoms with Gasteiger partial charge in [-0.2, -0.15) is 0 Å². The first-order valence-electron chi connectivity index (χ1n) is 6.75. The highest BCUT2D eigenvalue weighted by molar-refractivity contribution is 5.69. The van der Waals surface area contributed by atoms with Gasteiger partial charge in [-0.3, -0.25) is 9.59 Å². The molecule has 0 atom stereocenters. The van der Waals surface area contributed by atoms with Crippen LogP contribution in [0.3, 0.4) is 0 Å². The molecule has 0 radical (unpaired) electrons. The molecule has 1 aromatic heterocycles. The van der Waals surface area contributed by atoms with E-state index in [1.165, 1.54) is 42.2 Å². The zero-order valence-electron chi connectivity index (χ0n) is 11.4. The quantitative estimate of drug-likeness (QED) is 0.576. The second-order valence-corrected chi connectivity index (χ2v) is 4.56. The lowest BCUT2D eigenvalue weighted by atomic mass is 10.2. The summed E-state index contributed by atoms with van der Waals surface area (Å²) < 4.78 is 6.34. The summed E-state index contributed by atoms with van der Waals surface area (Å²) in [6, 6.07) is 2.85. The Bertz CT molecular complexity index is 454. The van der Waals surface area contributed by atoms with Crippen molar-refractivity contribution in [2.75, 3.05) is 12.3 Å². The van der Waals surface area contributed by atoms with E-state index in [0.29, 0.717) is 12.3 Å². The van der Waals surface area contributed by atoms with Crippen LogP contribution in [0, 0.1) is 0 Å². The SMILES string of the molecule is CCCCCCCOC(=O)Cn1cc(N)ccc1=O. The van der Waals surface area contributed by atoms with Crippen LogP contribution in [0.5, 0.6) is 0 Å². The van der Waals surface area contributed by atoms with Crippen LogP contribution in [0.2, 0.25) is 0 Å². The molecule has 0 aliphatic rings. The van der Waals surface area contributed by atoms with E-state index in [-0.39, 0.29) is 12.1 Å². The third-order valence-corrected chi connectivity index (χ3v) is 2.82. The summed E-state index contributed by atoms with van der Waals surface area (Å²) in [4.78, 5) is 23.0. The van der Waals surface area contributed by atoms with Gasteiger partial charge in [-0.05, 0) is 12.5 Å². The van der Waals surface area contributed by atoms with Crippen molar-refractivity contribution < 1.29 is 9.53 Å². The van der Waals surface area contributed by atoms with Crippen LogP contribution in [-0.2, 0) is 16.1 Å². The number of nitrogen functional groups attached to an aromatic ring is 1. The Morgan fingerprint density at radius 2 is 2.00 bits per heavy atom. The smallest absolute Gasteiger partial charge is 0.326 e. The predicted octanol–water partition coefficient (Wildman–Crippen LogP) is 1.94. The monoisotopic (exact) mass is 266 g/mol. The van der Waals surface area contributed by atoms with Gasteiger partial charge in [0.2, 0.25) is 0 Å². The summed E-state index contributed by atoms with van der Waals surface area (Å²) in [7, 11) is 0. The van der Waals surface area contributed by atoms with Crippen molar-refractivity contribution in [2.24, 2.45) is 0 Å². The normalized spacial score (nSPS) is 10.4. The van der Waals surface area contributed by atoms with Crippen LogP contribution in [0.25, 0.3) is 0 Å². The minimum Gasteiger partial charge on any atom is -0.464 e. The lowest BCUT2D eigenvalue weighted by Crippen LogP contribution is -2.24. The Labute approximate surface area is 113 Å². The average Bonchev–Trinajstić information content (AvgIpc) is 2.38.